The van der Waals surface area contributed by atoms with E-state index in [4.69, 9.17) is 0 Å². The Kier molecular flexibility index (Phi) is 4.43. The smallest absolute Gasteiger partial charge is 0.128 e. The Morgan fingerprint density at radius 2 is 1.74 bits per heavy atom. The van der Waals surface area contributed by atoms with Gasteiger partial charge in [-0.1, -0.05) is 35.5 Å². The number of hydrogen-bond donors (Lipinski definition) is 1. The summed E-state index contributed by atoms with van der Waals surface area (Å²) in [4.78, 5) is 0. The zero-order valence-electron chi connectivity index (χ0n) is 12.3. The van der Waals surface area contributed by atoms with E-state index in [1.807, 2.05) is 0 Å². The predicted octanol–water partition coefficient (Wildman–Crippen LogP) is 2.69. The topological polar surface area (TPSA) is 50.9 Å². The molecule has 3 aromatic rings. The number of nitrogens with zero attached hydrogens (tertiary/aromatic N) is 3. The second-order valence-corrected chi connectivity index (χ2v) is 5.19. The summed E-state index contributed by atoms with van der Waals surface area (Å²) in [5, 5.41) is 17.4. The van der Waals surface area contributed by atoms with Crippen LogP contribution in [0.4, 0.5) is 8.78 Å². The van der Waals surface area contributed by atoms with Crippen molar-refractivity contribution in [3.05, 3.63) is 82.7 Å². The number of aliphatic hydroxyl groups excluding tert-OH is 1. The summed E-state index contributed by atoms with van der Waals surface area (Å²) in [5.41, 5.74) is 2.47. The zero-order valence-corrected chi connectivity index (χ0v) is 12.3. The van der Waals surface area contributed by atoms with Crippen molar-refractivity contribution in [2.45, 2.75) is 19.6 Å². The minimum absolute atomic E-state index is 0.218. The number of hydrogen-bond acceptors (Lipinski definition) is 3. The molecule has 0 aliphatic carbocycles. The second kappa shape index (κ2) is 6.66. The highest BCUT2D eigenvalue weighted by atomic mass is 19.1. The Bertz CT molecular complexity index is 800. The fourth-order valence-electron chi connectivity index (χ4n) is 2.40. The van der Waals surface area contributed by atoms with Crippen LogP contribution in [0.15, 0.2) is 48.5 Å². The molecular weight excluding hydrogens is 300 g/mol. The Hall–Kier alpha value is -2.60. The van der Waals surface area contributed by atoms with Crippen LogP contribution in [0, 0.1) is 11.6 Å². The summed E-state index contributed by atoms with van der Waals surface area (Å²) in [6.07, 6.45) is 0.428. The van der Waals surface area contributed by atoms with E-state index in [0.717, 1.165) is 5.56 Å². The van der Waals surface area contributed by atoms with Crippen LogP contribution in [-0.4, -0.2) is 20.1 Å². The Morgan fingerprint density at radius 3 is 2.43 bits per heavy atom. The molecule has 0 aliphatic heterocycles. The molecule has 0 fully saturated rings. The van der Waals surface area contributed by atoms with Crippen molar-refractivity contribution < 1.29 is 13.9 Å². The summed E-state index contributed by atoms with van der Waals surface area (Å²) in [6, 6.07) is 12.5. The minimum Gasteiger partial charge on any atom is -0.390 e. The Labute approximate surface area is 132 Å². The van der Waals surface area contributed by atoms with Gasteiger partial charge in [0.25, 0.3) is 0 Å². The lowest BCUT2D eigenvalue weighted by Gasteiger charge is -2.09. The molecule has 1 heterocycles. The lowest BCUT2D eigenvalue weighted by molar-refractivity contribution is 0.275. The molecule has 0 saturated heterocycles. The number of halogens is 2. The molecule has 23 heavy (non-hydrogen) atoms. The third kappa shape index (κ3) is 3.43. The average molecular weight is 315 g/mol. The third-order valence-electron chi connectivity index (χ3n) is 3.63. The van der Waals surface area contributed by atoms with Gasteiger partial charge >= 0.3 is 0 Å². The number of aromatic nitrogens is 3. The van der Waals surface area contributed by atoms with E-state index in [0.29, 0.717) is 23.4 Å². The SMILES string of the molecule is OCc1nnn(Cc2ccccc2F)c1Cc1ccc(F)cc1. The van der Waals surface area contributed by atoms with Gasteiger partial charge in [0.1, 0.15) is 17.3 Å². The van der Waals surface area contributed by atoms with Crippen LogP contribution in [0.2, 0.25) is 0 Å². The lowest BCUT2D eigenvalue weighted by Crippen LogP contribution is -2.09. The first-order valence-electron chi connectivity index (χ1n) is 7.17. The van der Waals surface area contributed by atoms with E-state index in [1.54, 1.807) is 35.0 Å². The minimum atomic E-state index is -0.318. The molecule has 6 heteroatoms. The summed E-state index contributed by atoms with van der Waals surface area (Å²) in [5.74, 6) is -0.629. The standard InChI is InChI=1S/C17H15F2N3O/c18-14-7-5-12(6-8-14)9-17-16(11-23)20-21-22(17)10-13-3-1-2-4-15(13)19/h1-8,23H,9-11H2. The molecule has 0 bridgehead atoms. The molecule has 1 aromatic heterocycles. The molecule has 0 radical (unpaired) electrons. The maximum atomic E-state index is 13.8. The van der Waals surface area contributed by atoms with Crippen LogP contribution in [0.25, 0.3) is 0 Å². The van der Waals surface area contributed by atoms with Crippen molar-refractivity contribution >= 4 is 0 Å². The highest BCUT2D eigenvalue weighted by Crippen LogP contribution is 2.16. The molecule has 2 aromatic carbocycles. The predicted molar refractivity (Wildman–Crippen MR) is 80.7 cm³/mol. The van der Waals surface area contributed by atoms with Gasteiger partial charge in [-0.05, 0) is 23.8 Å². The molecule has 4 nitrogen and oxygen atoms in total. The highest BCUT2D eigenvalue weighted by molar-refractivity contribution is 5.25. The van der Waals surface area contributed by atoms with E-state index in [2.05, 4.69) is 10.3 Å². The van der Waals surface area contributed by atoms with Gasteiger partial charge in [-0.15, -0.1) is 5.10 Å². The van der Waals surface area contributed by atoms with Crippen molar-refractivity contribution in [3.63, 3.8) is 0 Å². The van der Waals surface area contributed by atoms with Crippen LogP contribution in [0.1, 0.15) is 22.5 Å². The summed E-state index contributed by atoms with van der Waals surface area (Å²) >= 11 is 0. The first-order chi connectivity index (χ1) is 11.2. The van der Waals surface area contributed by atoms with E-state index in [1.165, 1.54) is 18.2 Å². The molecule has 118 valence electrons. The maximum Gasteiger partial charge on any atom is 0.128 e. The van der Waals surface area contributed by atoms with E-state index in [9.17, 15) is 13.9 Å². The van der Waals surface area contributed by atoms with Gasteiger partial charge in [-0.3, -0.25) is 0 Å². The molecule has 0 saturated carbocycles. The largest absolute Gasteiger partial charge is 0.390 e. The van der Waals surface area contributed by atoms with Gasteiger partial charge in [-0.2, -0.15) is 0 Å². The Morgan fingerprint density at radius 1 is 1.00 bits per heavy atom. The Balaban J connectivity index is 1.91. The lowest BCUT2D eigenvalue weighted by atomic mass is 10.1. The van der Waals surface area contributed by atoms with E-state index >= 15 is 0 Å². The molecule has 0 spiro atoms. The second-order valence-electron chi connectivity index (χ2n) is 5.19. The van der Waals surface area contributed by atoms with Crippen molar-refractivity contribution in [2.75, 3.05) is 0 Å². The van der Waals surface area contributed by atoms with Gasteiger partial charge in [0, 0.05) is 12.0 Å². The van der Waals surface area contributed by atoms with Gasteiger partial charge in [0.15, 0.2) is 0 Å². The molecule has 0 unspecified atom stereocenters. The normalized spacial score (nSPS) is 10.9. The first kappa shape index (κ1) is 15.3. The number of rotatable bonds is 5. The van der Waals surface area contributed by atoms with Crippen LogP contribution in [0.3, 0.4) is 0 Å². The van der Waals surface area contributed by atoms with Crippen LogP contribution < -0.4 is 0 Å². The van der Waals surface area contributed by atoms with Crippen molar-refractivity contribution in [3.8, 4) is 0 Å². The van der Waals surface area contributed by atoms with Gasteiger partial charge in [-0.25, -0.2) is 13.5 Å². The molecular formula is C17H15F2N3O. The molecule has 0 amide bonds. The van der Waals surface area contributed by atoms with Crippen molar-refractivity contribution in [1.29, 1.82) is 0 Å². The summed E-state index contributed by atoms with van der Waals surface area (Å²) in [6.45, 7) is -0.0377. The molecule has 0 aliphatic rings. The van der Waals surface area contributed by atoms with Crippen LogP contribution >= 0.6 is 0 Å². The molecule has 0 atom stereocenters. The van der Waals surface area contributed by atoms with Gasteiger partial charge in [0.05, 0.1) is 18.8 Å². The van der Waals surface area contributed by atoms with E-state index in [-0.39, 0.29) is 24.8 Å². The van der Waals surface area contributed by atoms with Crippen LogP contribution in [0.5, 0.6) is 0 Å². The molecule has 1 N–H and O–H groups in total. The first-order valence-corrected chi connectivity index (χ1v) is 7.17. The summed E-state index contributed by atoms with van der Waals surface area (Å²) in [7, 11) is 0. The monoisotopic (exact) mass is 315 g/mol. The maximum absolute atomic E-state index is 13.8. The van der Waals surface area contributed by atoms with Crippen LogP contribution in [-0.2, 0) is 19.6 Å². The van der Waals surface area contributed by atoms with E-state index < -0.39 is 0 Å². The number of benzene rings is 2. The van der Waals surface area contributed by atoms with Crippen molar-refractivity contribution in [2.24, 2.45) is 0 Å². The summed E-state index contributed by atoms with van der Waals surface area (Å²) < 4.78 is 28.4. The fraction of sp³-hybridized carbons (Fsp3) is 0.176. The fourth-order valence-corrected chi connectivity index (χ4v) is 2.40. The van der Waals surface area contributed by atoms with Gasteiger partial charge in [0.2, 0.25) is 0 Å². The third-order valence-corrected chi connectivity index (χ3v) is 3.63. The quantitative estimate of drug-likeness (QED) is 0.787. The number of aliphatic hydroxyl groups is 1. The molecule has 3 rings (SSSR count). The van der Waals surface area contributed by atoms with Gasteiger partial charge < -0.3 is 5.11 Å². The zero-order chi connectivity index (χ0) is 16.2. The highest BCUT2D eigenvalue weighted by Gasteiger charge is 2.14. The van der Waals surface area contributed by atoms with Crippen molar-refractivity contribution in [1.82, 2.24) is 15.0 Å². The average Bonchev–Trinajstić information content (AvgIpc) is 2.93.